The molecule has 2 aliphatic rings. The zero-order valence-corrected chi connectivity index (χ0v) is 16.4. The van der Waals surface area contributed by atoms with Crippen LogP contribution in [0.5, 0.6) is 0 Å². The van der Waals surface area contributed by atoms with Gasteiger partial charge in [-0.2, -0.15) is 0 Å². The number of nitrogens with zero attached hydrogens (tertiary/aromatic N) is 3. The van der Waals surface area contributed by atoms with Gasteiger partial charge in [-0.05, 0) is 63.0 Å². The topological polar surface area (TPSA) is 61.6 Å². The average molecular weight is 383 g/mol. The van der Waals surface area contributed by atoms with Crippen LogP contribution in [0.3, 0.4) is 0 Å². The molecular formula is C22H30N4O2. The van der Waals surface area contributed by atoms with Crippen LogP contribution in [0, 0.1) is 5.92 Å². The number of pyridine rings is 1. The Labute approximate surface area is 166 Å². The molecule has 0 aromatic carbocycles. The summed E-state index contributed by atoms with van der Waals surface area (Å²) in [5.41, 5.74) is 2.30. The van der Waals surface area contributed by atoms with Crippen LogP contribution in [0.15, 0.2) is 47.5 Å². The third-order valence-electron chi connectivity index (χ3n) is 6.07. The molecule has 4 rings (SSSR count). The largest absolute Gasteiger partial charge is 0.472 e. The van der Waals surface area contributed by atoms with Gasteiger partial charge in [0.05, 0.1) is 18.4 Å². The lowest BCUT2D eigenvalue weighted by Gasteiger charge is -2.42. The van der Waals surface area contributed by atoms with Crippen molar-refractivity contribution >= 4 is 5.91 Å². The molecule has 0 aliphatic carbocycles. The summed E-state index contributed by atoms with van der Waals surface area (Å²) in [6.07, 6.45) is 11.6. The highest BCUT2D eigenvalue weighted by atomic mass is 16.3. The predicted octanol–water partition coefficient (Wildman–Crippen LogP) is 2.67. The number of hydrogen-bond acceptors (Lipinski definition) is 5. The lowest BCUT2D eigenvalue weighted by molar-refractivity contribution is -0.127. The van der Waals surface area contributed by atoms with Gasteiger partial charge in [-0.15, -0.1) is 0 Å². The highest BCUT2D eigenvalue weighted by Crippen LogP contribution is 2.25. The minimum Gasteiger partial charge on any atom is -0.472 e. The molecule has 1 amide bonds. The van der Waals surface area contributed by atoms with Gasteiger partial charge < -0.3 is 9.73 Å². The van der Waals surface area contributed by atoms with Crippen LogP contribution in [0.1, 0.15) is 36.8 Å². The molecule has 2 fully saturated rings. The summed E-state index contributed by atoms with van der Waals surface area (Å²) in [7, 11) is 0. The third kappa shape index (κ3) is 5.00. The Morgan fingerprint density at radius 3 is 2.82 bits per heavy atom. The molecule has 1 N–H and O–H groups in total. The number of carbonyl (C=O) groups excluding carboxylic acids is 1. The van der Waals surface area contributed by atoms with Crippen molar-refractivity contribution in [1.29, 1.82) is 0 Å². The fourth-order valence-corrected chi connectivity index (χ4v) is 4.47. The van der Waals surface area contributed by atoms with E-state index in [1.807, 2.05) is 30.7 Å². The lowest BCUT2D eigenvalue weighted by Crippen LogP contribution is -2.50. The molecule has 1 atom stereocenters. The minimum atomic E-state index is 0.106. The Hall–Kier alpha value is -2.18. The minimum absolute atomic E-state index is 0.106. The standard InChI is InChI=1S/C22H30N4O2/c27-22(24-14-18-3-1-8-23-13-18)20-4-2-9-26(16-20)21-5-10-25(11-6-21)15-19-7-12-28-17-19/h1,3,7-8,12-13,17,20-21H,2,4-6,9-11,14-16H2,(H,24,27)/t20-/m0/s1. The van der Waals surface area contributed by atoms with Gasteiger partial charge in [-0.25, -0.2) is 0 Å². The summed E-state index contributed by atoms with van der Waals surface area (Å²) in [4.78, 5) is 21.8. The molecule has 2 saturated heterocycles. The second-order valence-electron chi connectivity index (χ2n) is 8.05. The molecule has 2 aromatic heterocycles. The molecule has 0 spiro atoms. The first kappa shape index (κ1) is 19.2. The van der Waals surface area contributed by atoms with Crippen LogP contribution in [0.25, 0.3) is 0 Å². The van der Waals surface area contributed by atoms with Crippen molar-refractivity contribution in [1.82, 2.24) is 20.1 Å². The second-order valence-corrected chi connectivity index (χ2v) is 8.05. The third-order valence-corrected chi connectivity index (χ3v) is 6.07. The van der Waals surface area contributed by atoms with E-state index in [1.54, 1.807) is 12.5 Å². The van der Waals surface area contributed by atoms with Crippen LogP contribution in [-0.4, -0.2) is 52.9 Å². The van der Waals surface area contributed by atoms with Crippen molar-refractivity contribution in [3.8, 4) is 0 Å². The first-order valence-corrected chi connectivity index (χ1v) is 10.4. The SMILES string of the molecule is O=C(NCc1cccnc1)[C@H]1CCCN(C2CCN(Cc3ccoc3)CC2)C1. The van der Waals surface area contributed by atoms with Crippen molar-refractivity contribution in [2.45, 2.75) is 44.8 Å². The highest BCUT2D eigenvalue weighted by molar-refractivity contribution is 5.78. The van der Waals surface area contributed by atoms with E-state index in [4.69, 9.17) is 4.42 Å². The van der Waals surface area contributed by atoms with Crippen molar-refractivity contribution in [2.24, 2.45) is 5.92 Å². The van der Waals surface area contributed by atoms with Gasteiger partial charge in [-0.1, -0.05) is 6.07 Å². The lowest BCUT2D eigenvalue weighted by atomic mass is 9.93. The van der Waals surface area contributed by atoms with E-state index >= 15 is 0 Å². The van der Waals surface area contributed by atoms with Gasteiger partial charge in [0.15, 0.2) is 0 Å². The average Bonchev–Trinajstić information content (AvgIpc) is 3.26. The smallest absolute Gasteiger partial charge is 0.224 e. The van der Waals surface area contributed by atoms with Crippen LogP contribution >= 0.6 is 0 Å². The molecule has 6 nitrogen and oxygen atoms in total. The van der Waals surface area contributed by atoms with Crippen LogP contribution in [0.4, 0.5) is 0 Å². The van der Waals surface area contributed by atoms with E-state index in [9.17, 15) is 4.79 Å². The highest BCUT2D eigenvalue weighted by Gasteiger charge is 2.31. The number of rotatable bonds is 6. The Bertz CT molecular complexity index is 726. The van der Waals surface area contributed by atoms with Crippen LogP contribution in [0.2, 0.25) is 0 Å². The molecule has 4 heterocycles. The number of piperidine rings is 2. The summed E-state index contributed by atoms with van der Waals surface area (Å²) < 4.78 is 5.18. The Balaban J connectivity index is 1.23. The summed E-state index contributed by atoms with van der Waals surface area (Å²) in [5.74, 6) is 0.292. The molecule has 0 bridgehead atoms. The fraction of sp³-hybridized carbons (Fsp3) is 0.545. The maximum absolute atomic E-state index is 12.7. The Kier molecular flexibility index (Phi) is 6.39. The number of hydrogen-bond donors (Lipinski definition) is 1. The van der Waals surface area contributed by atoms with Crippen LogP contribution < -0.4 is 5.32 Å². The van der Waals surface area contributed by atoms with E-state index in [-0.39, 0.29) is 11.8 Å². The van der Waals surface area contributed by atoms with Crippen molar-refractivity contribution in [3.63, 3.8) is 0 Å². The molecule has 2 aromatic rings. The van der Waals surface area contributed by atoms with Gasteiger partial charge in [0.2, 0.25) is 5.91 Å². The fourth-order valence-electron chi connectivity index (χ4n) is 4.47. The summed E-state index contributed by atoms with van der Waals surface area (Å²) in [5, 5.41) is 3.10. The molecule has 150 valence electrons. The van der Waals surface area contributed by atoms with Crippen molar-refractivity contribution in [2.75, 3.05) is 26.2 Å². The van der Waals surface area contributed by atoms with Gasteiger partial charge in [0.25, 0.3) is 0 Å². The normalized spacial score (nSPS) is 22.2. The zero-order chi connectivity index (χ0) is 19.2. The second kappa shape index (κ2) is 9.34. The maximum Gasteiger partial charge on any atom is 0.224 e. The number of amides is 1. The number of aromatic nitrogens is 1. The van der Waals surface area contributed by atoms with E-state index in [0.717, 1.165) is 51.1 Å². The quantitative estimate of drug-likeness (QED) is 0.832. The van der Waals surface area contributed by atoms with E-state index in [1.165, 1.54) is 18.4 Å². The van der Waals surface area contributed by atoms with Gasteiger partial charge in [-0.3, -0.25) is 19.6 Å². The van der Waals surface area contributed by atoms with E-state index in [2.05, 4.69) is 20.1 Å². The number of carbonyl (C=O) groups is 1. The number of nitrogens with one attached hydrogen (secondary N) is 1. The van der Waals surface area contributed by atoms with Gasteiger partial charge in [0, 0.05) is 43.6 Å². The monoisotopic (exact) mass is 382 g/mol. The van der Waals surface area contributed by atoms with Crippen molar-refractivity contribution in [3.05, 3.63) is 54.2 Å². The molecular weight excluding hydrogens is 352 g/mol. The van der Waals surface area contributed by atoms with Gasteiger partial charge >= 0.3 is 0 Å². The molecule has 6 heteroatoms. The summed E-state index contributed by atoms with van der Waals surface area (Å²) >= 11 is 0. The Morgan fingerprint density at radius 2 is 2.07 bits per heavy atom. The van der Waals surface area contributed by atoms with Crippen molar-refractivity contribution < 1.29 is 9.21 Å². The molecule has 2 aliphatic heterocycles. The summed E-state index contributed by atoms with van der Waals surface area (Å²) in [6, 6.07) is 6.56. The van der Waals surface area contributed by atoms with E-state index < -0.39 is 0 Å². The predicted molar refractivity (Wildman–Crippen MR) is 107 cm³/mol. The van der Waals surface area contributed by atoms with Crippen LogP contribution in [-0.2, 0) is 17.9 Å². The zero-order valence-electron chi connectivity index (χ0n) is 16.4. The summed E-state index contributed by atoms with van der Waals surface area (Å²) in [6.45, 7) is 5.79. The Morgan fingerprint density at radius 1 is 1.18 bits per heavy atom. The molecule has 0 unspecified atom stereocenters. The molecule has 0 radical (unpaired) electrons. The first-order chi connectivity index (χ1) is 13.8. The number of furan rings is 1. The molecule has 28 heavy (non-hydrogen) atoms. The van der Waals surface area contributed by atoms with Gasteiger partial charge in [0.1, 0.15) is 0 Å². The first-order valence-electron chi connectivity index (χ1n) is 10.4. The maximum atomic E-state index is 12.7. The molecule has 0 saturated carbocycles. The number of likely N-dealkylation sites (tertiary alicyclic amines) is 2. The van der Waals surface area contributed by atoms with E-state index in [0.29, 0.717) is 12.6 Å².